The van der Waals surface area contributed by atoms with Crippen LogP contribution in [0, 0.1) is 5.92 Å². The third-order valence-electron chi connectivity index (χ3n) is 4.54. The zero-order valence-electron chi connectivity index (χ0n) is 14.0. The van der Waals surface area contributed by atoms with E-state index in [-0.39, 0.29) is 5.91 Å². The van der Waals surface area contributed by atoms with Crippen molar-refractivity contribution < 1.29 is 14.7 Å². The van der Waals surface area contributed by atoms with Gasteiger partial charge in [-0.3, -0.25) is 4.79 Å². The van der Waals surface area contributed by atoms with Crippen LogP contribution in [0.4, 0.5) is 0 Å². The smallest absolute Gasteiger partial charge is 0.335 e. The van der Waals surface area contributed by atoms with Crippen molar-refractivity contribution in [2.45, 2.75) is 12.8 Å². The molecule has 1 atom stereocenters. The van der Waals surface area contributed by atoms with Crippen molar-refractivity contribution in [2.75, 3.05) is 13.1 Å². The van der Waals surface area contributed by atoms with Gasteiger partial charge < -0.3 is 10.0 Å². The third kappa shape index (κ3) is 4.57. The molecule has 1 unspecified atom stereocenters. The summed E-state index contributed by atoms with van der Waals surface area (Å²) in [4.78, 5) is 25.1. The summed E-state index contributed by atoms with van der Waals surface area (Å²) in [6.07, 6.45) is 5.33. The molecule has 3 rings (SSSR count). The van der Waals surface area contributed by atoms with Gasteiger partial charge in [0.05, 0.1) is 5.56 Å². The summed E-state index contributed by atoms with van der Waals surface area (Å²) in [6, 6.07) is 16.8. The van der Waals surface area contributed by atoms with Crippen molar-refractivity contribution in [2.24, 2.45) is 5.92 Å². The molecule has 1 N–H and O–H groups in total. The number of carbonyl (C=O) groups excluding carboxylic acids is 1. The highest BCUT2D eigenvalue weighted by Gasteiger charge is 2.25. The second-order valence-corrected chi connectivity index (χ2v) is 6.39. The Morgan fingerprint density at radius 3 is 2.48 bits per heavy atom. The summed E-state index contributed by atoms with van der Waals surface area (Å²) in [7, 11) is 0. The molecule has 0 saturated carbocycles. The maximum atomic E-state index is 12.3. The fraction of sp³-hybridized carbons (Fsp3) is 0.238. The second-order valence-electron chi connectivity index (χ2n) is 6.39. The number of carbonyl (C=O) groups is 2. The van der Waals surface area contributed by atoms with Gasteiger partial charge >= 0.3 is 5.97 Å². The zero-order valence-corrected chi connectivity index (χ0v) is 14.0. The van der Waals surface area contributed by atoms with Crippen molar-refractivity contribution in [1.82, 2.24) is 4.90 Å². The van der Waals surface area contributed by atoms with Crippen LogP contribution >= 0.6 is 0 Å². The van der Waals surface area contributed by atoms with Crippen LogP contribution in [-0.2, 0) is 11.2 Å². The number of nitrogens with zero attached hydrogens (tertiary/aromatic N) is 1. The van der Waals surface area contributed by atoms with E-state index in [0.717, 1.165) is 37.1 Å². The molecule has 4 nitrogen and oxygen atoms in total. The summed E-state index contributed by atoms with van der Waals surface area (Å²) >= 11 is 0. The number of rotatable bonds is 5. The Hall–Kier alpha value is -2.88. The molecule has 0 bridgehead atoms. The summed E-state index contributed by atoms with van der Waals surface area (Å²) in [6.45, 7) is 1.52. The lowest BCUT2D eigenvalue weighted by Crippen LogP contribution is -2.27. The lowest BCUT2D eigenvalue weighted by atomic mass is 9.98. The van der Waals surface area contributed by atoms with E-state index in [4.69, 9.17) is 5.11 Å². The minimum atomic E-state index is -0.908. The molecule has 2 aromatic rings. The first-order valence-corrected chi connectivity index (χ1v) is 8.46. The molecule has 128 valence electrons. The molecule has 2 aromatic carbocycles. The zero-order chi connectivity index (χ0) is 17.6. The van der Waals surface area contributed by atoms with E-state index in [2.05, 4.69) is 0 Å². The summed E-state index contributed by atoms with van der Waals surface area (Å²) < 4.78 is 0. The first kappa shape index (κ1) is 17.0. The molecule has 1 heterocycles. The number of amides is 1. The number of carboxylic acid groups (broad SMARTS) is 1. The molecule has 0 aliphatic carbocycles. The van der Waals surface area contributed by atoms with Crippen LogP contribution in [0.15, 0.2) is 60.7 Å². The maximum absolute atomic E-state index is 12.3. The third-order valence-corrected chi connectivity index (χ3v) is 4.54. The van der Waals surface area contributed by atoms with Crippen molar-refractivity contribution in [3.8, 4) is 0 Å². The summed E-state index contributed by atoms with van der Waals surface area (Å²) in [5.74, 6) is -0.438. The van der Waals surface area contributed by atoms with Crippen molar-refractivity contribution >= 4 is 18.0 Å². The Bertz CT molecular complexity index is 765. The molecule has 1 aliphatic heterocycles. The highest BCUT2D eigenvalue weighted by atomic mass is 16.4. The van der Waals surface area contributed by atoms with E-state index < -0.39 is 5.97 Å². The summed E-state index contributed by atoms with van der Waals surface area (Å²) in [5.41, 5.74) is 2.44. The SMILES string of the molecule is O=C(O)c1ccc(CC2CCN(C(=O)/C=C/c3ccccc3)C2)cc1. The number of carboxylic acids is 1. The molecule has 1 amide bonds. The number of likely N-dealkylation sites (tertiary alicyclic amines) is 1. The minimum Gasteiger partial charge on any atom is -0.478 e. The van der Waals surface area contributed by atoms with Crippen LogP contribution in [0.1, 0.15) is 27.9 Å². The molecule has 0 aromatic heterocycles. The van der Waals surface area contributed by atoms with Crippen LogP contribution in [0.2, 0.25) is 0 Å². The average molecular weight is 335 g/mol. The molecule has 0 radical (unpaired) electrons. The summed E-state index contributed by atoms with van der Waals surface area (Å²) in [5, 5.41) is 8.94. The van der Waals surface area contributed by atoms with Crippen LogP contribution in [0.5, 0.6) is 0 Å². The number of hydrogen-bond donors (Lipinski definition) is 1. The first-order chi connectivity index (χ1) is 12.1. The standard InChI is InChI=1S/C21H21NO3/c23-20(11-8-16-4-2-1-3-5-16)22-13-12-18(15-22)14-17-6-9-19(10-7-17)21(24)25/h1-11,18H,12-15H2,(H,24,25)/b11-8+. The van der Waals surface area contributed by atoms with Gasteiger partial charge in [-0.1, -0.05) is 42.5 Å². The molecule has 1 aliphatic rings. The number of benzene rings is 2. The number of hydrogen-bond acceptors (Lipinski definition) is 2. The van der Waals surface area contributed by atoms with Crippen LogP contribution in [-0.4, -0.2) is 35.0 Å². The van der Waals surface area contributed by atoms with Crippen molar-refractivity contribution in [3.05, 3.63) is 77.4 Å². The molecule has 1 saturated heterocycles. The van der Waals surface area contributed by atoms with E-state index in [0.29, 0.717) is 11.5 Å². The van der Waals surface area contributed by atoms with Crippen molar-refractivity contribution in [1.29, 1.82) is 0 Å². The predicted molar refractivity (Wildman–Crippen MR) is 97.3 cm³/mol. The van der Waals surface area contributed by atoms with Gasteiger partial charge in [0.25, 0.3) is 0 Å². The fourth-order valence-electron chi connectivity index (χ4n) is 3.15. The van der Waals surface area contributed by atoms with E-state index in [1.54, 1.807) is 18.2 Å². The molecular weight excluding hydrogens is 314 g/mol. The Labute approximate surface area is 147 Å². The molecule has 0 spiro atoms. The lowest BCUT2D eigenvalue weighted by molar-refractivity contribution is -0.125. The van der Waals surface area contributed by atoms with Gasteiger partial charge in [-0.2, -0.15) is 0 Å². The monoisotopic (exact) mass is 335 g/mol. The van der Waals surface area contributed by atoms with Gasteiger partial charge in [-0.25, -0.2) is 4.79 Å². The Balaban J connectivity index is 1.53. The minimum absolute atomic E-state index is 0.0487. The average Bonchev–Trinajstić information content (AvgIpc) is 3.09. The highest BCUT2D eigenvalue weighted by molar-refractivity contribution is 5.92. The van der Waals surface area contributed by atoms with Gasteiger partial charge in [-0.05, 0) is 48.1 Å². The topological polar surface area (TPSA) is 57.6 Å². The van der Waals surface area contributed by atoms with E-state index >= 15 is 0 Å². The largest absolute Gasteiger partial charge is 0.478 e. The normalized spacial score (nSPS) is 17.1. The Kier molecular flexibility index (Phi) is 5.29. The maximum Gasteiger partial charge on any atom is 0.335 e. The fourth-order valence-corrected chi connectivity index (χ4v) is 3.15. The molecular formula is C21H21NO3. The van der Waals surface area contributed by atoms with Gasteiger partial charge in [0.1, 0.15) is 0 Å². The number of aromatic carboxylic acids is 1. The van der Waals surface area contributed by atoms with Gasteiger partial charge in [-0.15, -0.1) is 0 Å². The second kappa shape index (κ2) is 7.79. The van der Waals surface area contributed by atoms with Crippen LogP contribution in [0.25, 0.3) is 6.08 Å². The van der Waals surface area contributed by atoms with E-state index in [9.17, 15) is 9.59 Å². The van der Waals surface area contributed by atoms with Crippen molar-refractivity contribution in [3.63, 3.8) is 0 Å². The van der Waals surface area contributed by atoms with Gasteiger partial charge in [0, 0.05) is 19.2 Å². The predicted octanol–water partition coefficient (Wildman–Crippen LogP) is 3.49. The van der Waals surface area contributed by atoms with Crippen LogP contribution in [0.3, 0.4) is 0 Å². The molecule has 4 heteroatoms. The highest BCUT2D eigenvalue weighted by Crippen LogP contribution is 2.21. The quantitative estimate of drug-likeness (QED) is 0.851. The van der Waals surface area contributed by atoms with Crippen LogP contribution < -0.4 is 0 Å². The van der Waals surface area contributed by atoms with E-state index in [1.807, 2.05) is 53.4 Å². The van der Waals surface area contributed by atoms with E-state index in [1.165, 1.54) is 0 Å². The Morgan fingerprint density at radius 1 is 1.08 bits per heavy atom. The van der Waals surface area contributed by atoms with Gasteiger partial charge in [0.2, 0.25) is 5.91 Å². The molecule has 25 heavy (non-hydrogen) atoms. The Morgan fingerprint density at radius 2 is 1.80 bits per heavy atom. The lowest BCUT2D eigenvalue weighted by Gasteiger charge is -2.14. The first-order valence-electron chi connectivity index (χ1n) is 8.46. The van der Waals surface area contributed by atoms with Gasteiger partial charge in [0.15, 0.2) is 0 Å². The molecule has 1 fully saturated rings.